The second kappa shape index (κ2) is 4.98. The average molecular weight is 284 g/mol. The third kappa shape index (κ3) is 2.04. The van der Waals surface area contributed by atoms with Gasteiger partial charge in [-0.3, -0.25) is 0 Å². The Balaban J connectivity index is 2.35. The molecule has 0 spiro atoms. The smallest absolute Gasteiger partial charge is 0.328 e. The second-order valence-electron chi connectivity index (χ2n) is 4.36. The fourth-order valence-electron chi connectivity index (χ4n) is 2.36. The Morgan fingerprint density at radius 3 is 2.80 bits per heavy atom. The zero-order chi connectivity index (χ0) is 14.1. The lowest BCUT2D eigenvalue weighted by Crippen LogP contribution is -1.95. The van der Waals surface area contributed by atoms with Crippen molar-refractivity contribution in [2.75, 3.05) is 7.11 Å². The lowest BCUT2D eigenvalue weighted by molar-refractivity contribution is -0.131. The van der Waals surface area contributed by atoms with Crippen LogP contribution in [-0.4, -0.2) is 18.2 Å². The van der Waals surface area contributed by atoms with Crippen LogP contribution in [-0.2, 0) is 9.53 Å². The molecule has 1 aliphatic carbocycles. The Hall–Kier alpha value is -2.33. The minimum absolute atomic E-state index is 0.715. The quantitative estimate of drug-likeness (QED) is 0.855. The van der Waals surface area contributed by atoms with E-state index in [1.165, 1.54) is 6.08 Å². The topological polar surface area (TPSA) is 46.5 Å². The van der Waals surface area contributed by atoms with Gasteiger partial charge in [0.1, 0.15) is 5.76 Å². The van der Waals surface area contributed by atoms with Crippen LogP contribution < -0.4 is 0 Å². The van der Waals surface area contributed by atoms with Gasteiger partial charge in [-0.2, -0.15) is 0 Å². The fraction of sp³-hybridized carbons (Fsp3) is 0.0625. The van der Waals surface area contributed by atoms with Crippen LogP contribution in [0.15, 0.2) is 41.8 Å². The molecule has 0 bridgehead atoms. The summed E-state index contributed by atoms with van der Waals surface area (Å²) >= 11 is 1.55. The monoisotopic (exact) mass is 284 g/mol. The predicted molar refractivity (Wildman–Crippen MR) is 80.4 cm³/mol. The van der Waals surface area contributed by atoms with Crippen molar-refractivity contribution in [3.05, 3.63) is 63.4 Å². The van der Waals surface area contributed by atoms with Crippen LogP contribution in [0.4, 0.5) is 0 Å². The summed E-state index contributed by atoms with van der Waals surface area (Å²) in [5.41, 5.74) is 3.48. The van der Waals surface area contributed by atoms with Crippen LogP contribution in [0.25, 0.3) is 17.4 Å². The van der Waals surface area contributed by atoms with Crippen LogP contribution in [0.3, 0.4) is 0 Å². The van der Waals surface area contributed by atoms with E-state index in [0.29, 0.717) is 5.57 Å². The number of methoxy groups -OCH3 is 1. The highest BCUT2D eigenvalue weighted by Crippen LogP contribution is 2.40. The summed E-state index contributed by atoms with van der Waals surface area (Å²) in [6, 6.07) is 9.66. The first-order valence-electron chi connectivity index (χ1n) is 6.08. The molecule has 3 nitrogen and oxygen atoms in total. The minimum atomic E-state index is -0.951. The Morgan fingerprint density at radius 1 is 1.25 bits per heavy atom. The van der Waals surface area contributed by atoms with E-state index in [0.717, 1.165) is 27.3 Å². The highest BCUT2D eigenvalue weighted by atomic mass is 32.1. The molecular weight excluding hydrogens is 272 g/mol. The molecule has 0 unspecified atom stereocenters. The maximum Gasteiger partial charge on any atom is 0.328 e. The number of thiophene rings is 1. The van der Waals surface area contributed by atoms with Gasteiger partial charge in [-0.25, -0.2) is 4.79 Å². The maximum absolute atomic E-state index is 11.2. The molecule has 2 aromatic rings. The Labute approximate surface area is 120 Å². The van der Waals surface area contributed by atoms with E-state index in [2.05, 4.69) is 0 Å². The highest BCUT2D eigenvalue weighted by molar-refractivity contribution is 7.11. The summed E-state index contributed by atoms with van der Waals surface area (Å²) in [4.78, 5) is 12.1. The molecule has 4 heteroatoms. The molecule has 0 atom stereocenters. The largest absolute Gasteiger partial charge is 0.495 e. The van der Waals surface area contributed by atoms with Gasteiger partial charge in [0, 0.05) is 11.6 Å². The Kier molecular flexibility index (Phi) is 3.16. The number of aliphatic carboxylic acids is 1. The number of fused-ring (bicyclic) bond motifs is 2. The molecule has 20 heavy (non-hydrogen) atoms. The van der Waals surface area contributed by atoms with Crippen molar-refractivity contribution in [2.45, 2.75) is 0 Å². The number of carbonyl (C=O) groups is 1. The highest BCUT2D eigenvalue weighted by Gasteiger charge is 2.21. The number of carboxylic acids is 1. The zero-order valence-electron chi connectivity index (χ0n) is 10.8. The molecule has 0 radical (unpaired) electrons. The molecular formula is C16H12O3S. The van der Waals surface area contributed by atoms with E-state index in [1.54, 1.807) is 18.4 Å². The Bertz CT molecular complexity index is 738. The third-order valence-corrected chi connectivity index (χ3v) is 4.13. The van der Waals surface area contributed by atoms with Gasteiger partial charge in [-0.05, 0) is 34.2 Å². The van der Waals surface area contributed by atoms with Crippen LogP contribution >= 0.6 is 11.3 Å². The van der Waals surface area contributed by atoms with Gasteiger partial charge in [0.05, 0.1) is 12.0 Å². The summed E-state index contributed by atoms with van der Waals surface area (Å²) in [5, 5.41) is 11.1. The van der Waals surface area contributed by atoms with E-state index >= 15 is 0 Å². The molecule has 1 aromatic heterocycles. The number of hydrogen-bond donors (Lipinski definition) is 1. The van der Waals surface area contributed by atoms with E-state index < -0.39 is 5.97 Å². The molecule has 1 aliphatic rings. The van der Waals surface area contributed by atoms with Crippen LogP contribution in [0, 0.1) is 0 Å². The first kappa shape index (κ1) is 12.7. The van der Waals surface area contributed by atoms with Crippen molar-refractivity contribution in [1.29, 1.82) is 0 Å². The second-order valence-corrected chi connectivity index (χ2v) is 5.28. The van der Waals surface area contributed by atoms with Crippen molar-refractivity contribution >= 4 is 34.7 Å². The zero-order valence-corrected chi connectivity index (χ0v) is 11.6. The first-order valence-corrected chi connectivity index (χ1v) is 6.96. The van der Waals surface area contributed by atoms with Gasteiger partial charge in [0.25, 0.3) is 0 Å². The minimum Gasteiger partial charge on any atom is -0.495 e. The summed E-state index contributed by atoms with van der Waals surface area (Å²) < 4.78 is 5.46. The number of rotatable bonds is 2. The molecule has 1 aromatic carbocycles. The average Bonchev–Trinajstić information content (AvgIpc) is 2.87. The third-order valence-electron chi connectivity index (χ3n) is 3.20. The molecule has 0 fully saturated rings. The number of carboxylic acid groups (broad SMARTS) is 1. The van der Waals surface area contributed by atoms with Gasteiger partial charge in [-0.15, -0.1) is 11.3 Å². The van der Waals surface area contributed by atoms with E-state index in [9.17, 15) is 4.79 Å². The predicted octanol–water partition coefficient (Wildman–Crippen LogP) is 3.72. The van der Waals surface area contributed by atoms with Gasteiger partial charge in [0.15, 0.2) is 0 Å². The summed E-state index contributed by atoms with van der Waals surface area (Å²) in [5.74, 6) is -0.191. The van der Waals surface area contributed by atoms with Gasteiger partial charge >= 0.3 is 5.97 Å². The summed E-state index contributed by atoms with van der Waals surface area (Å²) in [6.07, 6.45) is 3.21. The van der Waals surface area contributed by atoms with Crippen molar-refractivity contribution in [1.82, 2.24) is 0 Å². The molecule has 1 heterocycles. The fourth-order valence-corrected chi connectivity index (χ4v) is 3.27. The summed E-state index contributed by atoms with van der Waals surface area (Å²) in [6.45, 7) is 0. The lowest BCUT2D eigenvalue weighted by Gasteiger charge is -2.08. The molecule has 3 rings (SSSR count). The molecule has 1 N–H and O–H groups in total. The normalized spacial score (nSPS) is 15.1. The maximum atomic E-state index is 11.2. The van der Waals surface area contributed by atoms with Gasteiger partial charge in [0.2, 0.25) is 0 Å². The lowest BCUT2D eigenvalue weighted by atomic mass is 9.96. The molecule has 0 amide bonds. The van der Waals surface area contributed by atoms with Crippen molar-refractivity contribution in [3.8, 4) is 0 Å². The van der Waals surface area contributed by atoms with Crippen molar-refractivity contribution < 1.29 is 14.6 Å². The van der Waals surface area contributed by atoms with Crippen LogP contribution in [0.5, 0.6) is 0 Å². The van der Waals surface area contributed by atoms with E-state index in [4.69, 9.17) is 9.84 Å². The van der Waals surface area contributed by atoms with Gasteiger partial charge < -0.3 is 9.84 Å². The number of hydrogen-bond acceptors (Lipinski definition) is 3. The van der Waals surface area contributed by atoms with E-state index in [1.807, 2.05) is 41.8 Å². The molecule has 0 saturated heterocycles. The molecule has 0 saturated carbocycles. The Morgan fingerprint density at radius 2 is 2.05 bits per heavy atom. The summed E-state index contributed by atoms with van der Waals surface area (Å²) in [7, 11) is 1.63. The number of ether oxygens (including phenoxy) is 1. The first-order chi connectivity index (χ1) is 9.70. The SMILES string of the molecule is COC1=Cc2ccccc2/C(=C/C(=O)O)c2ccsc21. The van der Waals surface area contributed by atoms with Crippen molar-refractivity contribution in [2.24, 2.45) is 0 Å². The van der Waals surface area contributed by atoms with Crippen LogP contribution in [0.1, 0.15) is 21.6 Å². The van der Waals surface area contributed by atoms with Crippen LogP contribution in [0.2, 0.25) is 0 Å². The standard InChI is InChI=1S/C16H12O3S/c1-19-14-8-10-4-2-3-5-11(10)13(9-15(17)18)12-6-7-20-16(12)14/h2-9H,1H3,(H,17,18)/b13-9-. The van der Waals surface area contributed by atoms with Gasteiger partial charge in [-0.1, -0.05) is 24.3 Å². The molecule has 0 aliphatic heterocycles. The number of benzene rings is 1. The van der Waals surface area contributed by atoms with E-state index in [-0.39, 0.29) is 0 Å². The molecule has 100 valence electrons. The van der Waals surface area contributed by atoms with Crippen molar-refractivity contribution in [3.63, 3.8) is 0 Å².